The average Bonchev–Trinajstić information content (AvgIpc) is 2.56. The van der Waals surface area contributed by atoms with Crippen molar-refractivity contribution >= 4 is 29.8 Å². The summed E-state index contributed by atoms with van der Waals surface area (Å²) in [6.45, 7) is 2.80. The Bertz CT molecular complexity index is 238. The molecule has 0 saturated carbocycles. The Kier molecular flexibility index (Phi) is 6.54. The predicted molar refractivity (Wildman–Crippen MR) is 58.3 cm³/mol. The molecule has 0 aliphatic carbocycles. The molecule has 1 aromatic rings. The zero-order valence-electron chi connectivity index (χ0n) is 7.47. The van der Waals surface area contributed by atoms with E-state index in [1.807, 2.05) is 0 Å². The number of hydrogen-bond donors (Lipinski definition) is 0. The maximum atomic E-state index is 5.28. The molecule has 5 heteroatoms. The first-order valence-corrected chi connectivity index (χ1v) is 4.40. The Morgan fingerprint density at radius 3 is 2.92 bits per heavy atom. The van der Waals surface area contributed by atoms with Crippen molar-refractivity contribution in [1.29, 1.82) is 0 Å². The number of halogens is 1. The van der Waals surface area contributed by atoms with Crippen LogP contribution >= 0.6 is 24.6 Å². The first kappa shape index (κ1) is 12.4. The molecule has 0 atom stereocenters. The van der Waals surface area contributed by atoms with E-state index in [1.54, 1.807) is 23.3 Å². The highest BCUT2D eigenvalue weighted by Crippen LogP contribution is 1.93. The van der Waals surface area contributed by atoms with Crippen LogP contribution in [0, 0.1) is 0 Å². The summed E-state index contributed by atoms with van der Waals surface area (Å²) in [4.78, 5) is 3.87. The minimum atomic E-state index is 0. The summed E-state index contributed by atoms with van der Waals surface area (Å²) < 4.78 is 6.97. The Hall–Kier alpha value is -0.610. The third-order valence-electron chi connectivity index (χ3n) is 1.44. The molecule has 1 heterocycles. The van der Waals surface area contributed by atoms with Crippen LogP contribution in [0.1, 0.15) is 19.8 Å². The number of imidazole rings is 1. The van der Waals surface area contributed by atoms with Crippen LogP contribution in [0.15, 0.2) is 18.7 Å². The van der Waals surface area contributed by atoms with Crippen molar-refractivity contribution in [3.8, 4) is 0 Å². The number of nitrogens with zero attached hydrogens (tertiary/aromatic N) is 2. The van der Waals surface area contributed by atoms with E-state index >= 15 is 0 Å². The van der Waals surface area contributed by atoms with Crippen molar-refractivity contribution in [3.63, 3.8) is 0 Å². The van der Waals surface area contributed by atoms with Gasteiger partial charge in [-0.25, -0.2) is 4.98 Å². The number of ether oxygens (including phenoxy) is 1. The van der Waals surface area contributed by atoms with Gasteiger partial charge in [-0.15, -0.1) is 12.4 Å². The molecule has 0 aliphatic heterocycles. The Morgan fingerprint density at radius 1 is 1.62 bits per heavy atom. The van der Waals surface area contributed by atoms with Crippen LogP contribution in [-0.2, 0) is 4.74 Å². The molecule has 0 spiro atoms. The van der Waals surface area contributed by atoms with E-state index in [0.717, 1.165) is 12.8 Å². The van der Waals surface area contributed by atoms with Gasteiger partial charge < -0.3 is 4.74 Å². The molecule has 1 rings (SSSR count). The number of hydrogen-bond acceptors (Lipinski definition) is 3. The van der Waals surface area contributed by atoms with Gasteiger partial charge in [0, 0.05) is 12.4 Å². The fourth-order valence-corrected chi connectivity index (χ4v) is 0.937. The van der Waals surface area contributed by atoms with Gasteiger partial charge in [0.05, 0.1) is 6.61 Å². The summed E-state index contributed by atoms with van der Waals surface area (Å²) in [6.07, 6.45) is 7.24. The highest BCUT2D eigenvalue weighted by Gasteiger charge is 1.97. The minimum absolute atomic E-state index is 0. The molecule has 0 aromatic carbocycles. The highest BCUT2D eigenvalue weighted by atomic mass is 35.5. The molecule has 0 N–H and O–H groups in total. The molecule has 0 radical (unpaired) electrons. The van der Waals surface area contributed by atoms with Crippen LogP contribution in [-0.4, -0.2) is 21.3 Å². The third-order valence-corrected chi connectivity index (χ3v) is 1.77. The van der Waals surface area contributed by atoms with Crippen molar-refractivity contribution in [2.24, 2.45) is 0 Å². The second kappa shape index (κ2) is 6.86. The van der Waals surface area contributed by atoms with E-state index in [9.17, 15) is 0 Å². The van der Waals surface area contributed by atoms with E-state index < -0.39 is 0 Å². The van der Waals surface area contributed by atoms with Crippen molar-refractivity contribution in [2.45, 2.75) is 19.8 Å². The highest BCUT2D eigenvalue weighted by molar-refractivity contribution is 7.80. The fourth-order valence-electron chi connectivity index (χ4n) is 0.745. The van der Waals surface area contributed by atoms with Crippen molar-refractivity contribution < 1.29 is 4.74 Å². The summed E-state index contributed by atoms with van der Waals surface area (Å²) >= 11 is 4.99. The summed E-state index contributed by atoms with van der Waals surface area (Å²) in [6, 6.07) is 0. The molecular weight excluding hydrogens is 208 g/mol. The summed E-state index contributed by atoms with van der Waals surface area (Å²) in [5.41, 5.74) is 0. The molecule has 0 aliphatic rings. The van der Waals surface area contributed by atoms with Crippen LogP contribution < -0.4 is 0 Å². The van der Waals surface area contributed by atoms with Crippen molar-refractivity contribution in [2.75, 3.05) is 6.61 Å². The van der Waals surface area contributed by atoms with Crippen LogP contribution in [0.25, 0.3) is 0 Å². The third kappa shape index (κ3) is 4.24. The normalized spacial score (nSPS) is 9.00. The van der Waals surface area contributed by atoms with Crippen LogP contribution in [0.3, 0.4) is 0 Å². The zero-order chi connectivity index (χ0) is 8.81. The summed E-state index contributed by atoms with van der Waals surface area (Å²) in [5.74, 6) is 0. The Balaban J connectivity index is 0.00000144. The monoisotopic (exact) mass is 220 g/mol. The topological polar surface area (TPSA) is 27.1 Å². The average molecular weight is 221 g/mol. The first-order chi connectivity index (χ1) is 5.84. The molecule has 0 amide bonds. The summed E-state index contributed by atoms with van der Waals surface area (Å²) in [5, 5.41) is 0.473. The van der Waals surface area contributed by atoms with Gasteiger partial charge in [-0.1, -0.05) is 13.3 Å². The molecular formula is C8H13ClN2OS. The maximum Gasteiger partial charge on any atom is 0.268 e. The molecule has 0 saturated heterocycles. The lowest BCUT2D eigenvalue weighted by Crippen LogP contribution is -2.11. The van der Waals surface area contributed by atoms with E-state index in [4.69, 9.17) is 17.0 Å². The molecule has 0 fully saturated rings. The van der Waals surface area contributed by atoms with E-state index in [-0.39, 0.29) is 12.4 Å². The lowest BCUT2D eigenvalue weighted by Gasteiger charge is -2.05. The second-order valence-corrected chi connectivity index (χ2v) is 2.79. The van der Waals surface area contributed by atoms with Gasteiger partial charge in [-0.3, -0.25) is 4.57 Å². The van der Waals surface area contributed by atoms with Crippen LogP contribution in [0.2, 0.25) is 0 Å². The Labute approximate surface area is 89.5 Å². The van der Waals surface area contributed by atoms with E-state index in [0.29, 0.717) is 11.8 Å². The lowest BCUT2D eigenvalue weighted by atomic mass is 10.4. The molecule has 1 aromatic heterocycles. The molecule has 0 bridgehead atoms. The number of thiocarbonyl (C=S) groups is 1. The SMILES string of the molecule is CCCCOC(=S)n1ccnc1.Cl. The van der Waals surface area contributed by atoms with E-state index in [1.165, 1.54) is 0 Å². The Morgan fingerprint density at radius 2 is 2.38 bits per heavy atom. The number of rotatable bonds is 3. The zero-order valence-corrected chi connectivity index (χ0v) is 9.11. The van der Waals surface area contributed by atoms with E-state index in [2.05, 4.69) is 11.9 Å². The number of aromatic nitrogens is 2. The van der Waals surface area contributed by atoms with Gasteiger partial charge in [-0.05, 0) is 18.6 Å². The molecule has 3 nitrogen and oxygen atoms in total. The van der Waals surface area contributed by atoms with Crippen LogP contribution in [0.5, 0.6) is 0 Å². The summed E-state index contributed by atoms with van der Waals surface area (Å²) in [7, 11) is 0. The smallest absolute Gasteiger partial charge is 0.268 e. The predicted octanol–water partition coefficient (Wildman–Crippen LogP) is 2.25. The van der Waals surface area contributed by atoms with Gasteiger partial charge in [-0.2, -0.15) is 0 Å². The first-order valence-electron chi connectivity index (χ1n) is 3.99. The largest absolute Gasteiger partial charge is 0.470 e. The quantitative estimate of drug-likeness (QED) is 0.578. The van der Waals surface area contributed by atoms with Gasteiger partial charge in [0.1, 0.15) is 6.33 Å². The molecule has 13 heavy (non-hydrogen) atoms. The van der Waals surface area contributed by atoms with Gasteiger partial charge in [0.15, 0.2) is 0 Å². The maximum absolute atomic E-state index is 5.28. The minimum Gasteiger partial charge on any atom is -0.470 e. The second-order valence-electron chi connectivity index (χ2n) is 2.44. The lowest BCUT2D eigenvalue weighted by molar-refractivity contribution is 0.293. The molecule has 0 unspecified atom stereocenters. The number of unbranched alkanes of at least 4 members (excludes halogenated alkanes) is 1. The molecule has 74 valence electrons. The van der Waals surface area contributed by atoms with Crippen molar-refractivity contribution in [1.82, 2.24) is 9.55 Å². The van der Waals surface area contributed by atoms with Gasteiger partial charge >= 0.3 is 0 Å². The van der Waals surface area contributed by atoms with Gasteiger partial charge in [0.2, 0.25) is 0 Å². The van der Waals surface area contributed by atoms with Crippen LogP contribution in [0.4, 0.5) is 0 Å². The fraction of sp³-hybridized carbons (Fsp3) is 0.500. The van der Waals surface area contributed by atoms with Gasteiger partial charge in [0.25, 0.3) is 5.17 Å². The standard InChI is InChI=1S/C8H12N2OS.ClH/c1-2-3-6-11-8(12)10-5-4-9-7-10;/h4-5,7H,2-3,6H2,1H3;1H. The van der Waals surface area contributed by atoms with Crippen molar-refractivity contribution in [3.05, 3.63) is 18.7 Å².